The average molecular weight is 137 g/mol. The van der Waals surface area contributed by atoms with Crippen LogP contribution in [0.1, 0.15) is 0 Å². The van der Waals surface area contributed by atoms with Gasteiger partial charge in [0.25, 0.3) is 0 Å². The van der Waals surface area contributed by atoms with Crippen molar-refractivity contribution in [1.29, 1.82) is 0 Å². The van der Waals surface area contributed by atoms with E-state index in [1.54, 1.807) is 12.2 Å². The van der Waals surface area contributed by atoms with Gasteiger partial charge in [-0.05, 0) is 0 Å². The maximum Gasteiger partial charge on any atom is 0.0649 e. The Morgan fingerprint density at radius 1 is 1.12 bits per heavy atom. The van der Waals surface area contributed by atoms with Crippen molar-refractivity contribution in [2.45, 2.75) is 0 Å². The molecule has 0 amide bonds. The van der Waals surface area contributed by atoms with Gasteiger partial charge in [-0.1, -0.05) is 12.2 Å². The molecular formula is C6H10KO. The van der Waals surface area contributed by atoms with Gasteiger partial charge >= 0.3 is 0 Å². The molecule has 1 radical (unpaired) electrons. The molecule has 0 saturated carbocycles. The molecular weight excluding hydrogens is 127 g/mol. The van der Waals surface area contributed by atoms with Crippen LogP contribution in [0.4, 0.5) is 0 Å². The van der Waals surface area contributed by atoms with Gasteiger partial charge in [0, 0.05) is 51.4 Å². The standard InChI is InChI=1S/C6H10O.K/c1-3-5-7-6-4-2;/h3-4H,1-2,5-6H2;. The molecule has 0 aromatic carbocycles. The largest absolute Gasteiger partial charge is 0.373 e. The summed E-state index contributed by atoms with van der Waals surface area (Å²) in [6, 6.07) is 0. The van der Waals surface area contributed by atoms with E-state index in [4.69, 9.17) is 4.74 Å². The normalized spacial score (nSPS) is 7.00. The summed E-state index contributed by atoms with van der Waals surface area (Å²) in [5.74, 6) is 0. The van der Waals surface area contributed by atoms with E-state index in [0.29, 0.717) is 13.2 Å². The fraction of sp³-hybridized carbons (Fsp3) is 0.333. The fourth-order valence-corrected chi connectivity index (χ4v) is 0.235. The van der Waals surface area contributed by atoms with Crippen LogP contribution in [0, 0.1) is 0 Å². The molecule has 0 aliphatic carbocycles. The average Bonchev–Trinajstić information content (AvgIpc) is 1.69. The summed E-state index contributed by atoms with van der Waals surface area (Å²) < 4.78 is 4.90. The monoisotopic (exact) mass is 137 g/mol. The third kappa shape index (κ3) is 10.1. The van der Waals surface area contributed by atoms with Crippen LogP contribution in [-0.2, 0) is 4.74 Å². The summed E-state index contributed by atoms with van der Waals surface area (Å²) in [5, 5.41) is 0. The zero-order chi connectivity index (χ0) is 5.54. The first-order valence-electron chi connectivity index (χ1n) is 2.21. The summed E-state index contributed by atoms with van der Waals surface area (Å²) in [5.41, 5.74) is 0. The first-order chi connectivity index (χ1) is 3.41. The summed E-state index contributed by atoms with van der Waals surface area (Å²) in [6.07, 6.45) is 3.42. The summed E-state index contributed by atoms with van der Waals surface area (Å²) in [7, 11) is 0. The summed E-state index contributed by atoms with van der Waals surface area (Å²) in [6.45, 7) is 8.18. The summed E-state index contributed by atoms with van der Waals surface area (Å²) in [4.78, 5) is 0. The van der Waals surface area contributed by atoms with E-state index in [9.17, 15) is 0 Å². The smallest absolute Gasteiger partial charge is 0.0649 e. The first kappa shape index (κ1) is 11.8. The minimum absolute atomic E-state index is 0. The van der Waals surface area contributed by atoms with Gasteiger partial charge in [-0.3, -0.25) is 0 Å². The van der Waals surface area contributed by atoms with Crippen molar-refractivity contribution in [2.75, 3.05) is 13.2 Å². The maximum atomic E-state index is 4.90. The Balaban J connectivity index is 0. The second-order valence-electron chi connectivity index (χ2n) is 1.11. The molecule has 0 spiro atoms. The molecule has 0 saturated heterocycles. The topological polar surface area (TPSA) is 9.23 Å². The first-order valence-corrected chi connectivity index (χ1v) is 2.21. The molecule has 0 aromatic rings. The van der Waals surface area contributed by atoms with Crippen LogP contribution in [-0.4, -0.2) is 64.6 Å². The van der Waals surface area contributed by atoms with Crippen LogP contribution in [0.2, 0.25) is 0 Å². The predicted octanol–water partition coefficient (Wildman–Crippen LogP) is 0.994. The van der Waals surface area contributed by atoms with Crippen molar-refractivity contribution in [3.8, 4) is 0 Å². The molecule has 8 heavy (non-hydrogen) atoms. The van der Waals surface area contributed by atoms with Crippen molar-refractivity contribution in [3.05, 3.63) is 25.3 Å². The Bertz CT molecular complexity index is 53.5. The van der Waals surface area contributed by atoms with Gasteiger partial charge in [-0.25, -0.2) is 0 Å². The molecule has 0 N–H and O–H groups in total. The van der Waals surface area contributed by atoms with E-state index in [1.807, 2.05) is 0 Å². The van der Waals surface area contributed by atoms with Gasteiger partial charge in [-0.15, -0.1) is 13.2 Å². The number of ether oxygens (including phenoxy) is 1. The number of rotatable bonds is 4. The molecule has 0 unspecified atom stereocenters. The molecule has 0 bridgehead atoms. The third-order valence-electron chi connectivity index (χ3n) is 0.471. The number of hydrogen-bond acceptors (Lipinski definition) is 1. The van der Waals surface area contributed by atoms with Gasteiger partial charge < -0.3 is 4.74 Å². The molecule has 1 nitrogen and oxygen atoms in total. The van der Waals surface area contributed by atoms with E-state index in [2.05, 4.69) is 13.2 Å². The second kappa shape index (κ2) is 11.0. The van der Waals surface area contributed by atoms with Gasteiger partial charge in [-0.2, -0.15) is 0 Å². The Morgan fingerprint density at radius 2 is 1.50 bits per heavy atom. The van der Waals surface area contributed by atoms with Crippen LogP contribution in [0.5, 0.6) is 0 Å². The molecule has 0 aliphatic rings. The molecule has 2 heteroatoms. The van der Waals surface area contributed by atoms with Crippen molar-refractivity contribution < 1.29 is 4.74 Å². The minimum Gasteiger partial charge on any atom is -0.373 e. The van der Waals surface area contributed by atoms with Crippen LogP contribution in [0.25, 0.3) is 0 Å². The van der Waals surface area contributed by atoms with E-state index in [1.165, 1.54) is 0 Å². The zero-order valence-electron chi connectivity index (χ0n) is 5.39. The van der Waals surface area contributed by atoms with E-state index >= 15 is 0 Å². The molecule has 41 valence electrons. The van der Waals surface area contributed by atoms with Gasteiger partial charge in [0.2, 0.25) is 0 Å². The van der Waals surface area contributed by atoms with Crippen molar-refractivity contribution >= 4 is 51.4 Å². The van der Waals surface area contributed by atoms with Gasteiger partial charge in [0.15, 0.2) is 0 Å². The van der Waals surface area contributed by atoms with E-state index < -0.39 is 0 Å². The minimum atomic E-state index is 0. The molecule has 0 heterocycles. The van der Waals surface area contributed by atoms with E-state index in [0.717, 1.165) is 0 Å². The second-order valence-corrected chi connectivity index (χ2v) is 1.11. The molecule has 0 atom stereocenters. The molecule has 0 aliphatic heterocycles. The Hall–Kier alpha value is 1.08. The fourth-order valence-electron chi connectivity index (χ4n) is 0.235. The molecule has 0 rings (SSSR count). The van der Waals surface area contributed by atoms with Gasteiger partial charge in [0.05, 0.1) is 13.2 Å². The van der Waals surface area contributed by atoms with Crippen LogP contribution >= 0.6 is 0 Å². The van der Waals surface area contributed by atoms with E-state index in [-0.39, 0.29) is 51.4 Å². The number of hydrogen-bond donors (Lipinski definition) is 0. The van der Waals surface area contributed by atoms with Crippen LogP contribution < -0.4 is 0 Å². The molecule has 0 aromatic heterocycles. The van der Waals surface area contributed by atoms with Crippen molar-refractivity contribution in [3.63, 3.8) is 0 Å². The quantitative estimate of drug-likeness (QED) is 0.319. The Morgan fingerprint density at radius 3 is 1.75 bits per heavy atom. The Labute approximate surface area is 93.2 Å². The van der Waals surface area contributed by atoms with Crippen molar-refractivity contribution in [1.82, 2.24) is 0 Å². The van der Waals surface area contributed by atoms with Crippen LogP contribution in [0.3, 0.4) is 0 Å². The SMILES string of the molecule is C=CCOCC=C.[K]. The Kier molecular flexibility index (Phi) is 16.2. The maximum absolute atomic E-state index is 4.90. The zero-order valence-corrected chi connectivity index (χ0v) is 8.51. The third-order valence-corrected chi connectivity index (χ3v) is 0.471. The molecule has 0 fully saturated rings. The predicted molar refractivity (Wildman–Crippen MR) is 37.0 cm³/mol. The van der Waals surface area contributed by atoms with Gasteiger partial charge in [0.1, 0.15) is 0 Å². The summed E-state index contributed by atoms with van der Waals surface area (Å²) >= 11 is 0. The van der Waals surface area contributed by atoms with Crippen molar-refractivity contribution in [2.24, 2.45) is 0 Å². The van der Waals surface area contributed by atoms with Crippen LogP contribution in [0.15, 0.2) is 25.3 Å².